The second-order valence-corrected chi connectivity index (χ2v) is 7.58. The van der Waals surface area contributed by atoms with Crippen LogP contribution < -0.4 is 0 Å². The average Bonchev–Trinajstić information content (AvgIpc) is 3.28. The van der Waals surface area contributed by atoms with E-state index >= 15 is 0 Å². The lowest BCUT2D eigenvalue weighted by Crippen LogP contribution is -2.49. The van der Waals surface area contributed by atoms with Crippen molar-refractivity contribution in [1.29, 1.82) is 0 Å². The molecule has 1 fully saturated rings. The summed E-state index contributed by atoms with van der Waals surface area (Å²) in [4.78, 5) is 25.4. The number of likely N-dealkylation sites (tertiary alicyclic amines) is 1. The molecule has 0 aromatic carbocycles. The maximum absolute atomic E-state index is 12.4. The quantitative estimate of drug-likeness (QED) is 0.793. The number of nitrogens with zero attached hydrogens (tertiary/aromatic N) is 5. The first-order valence-corrected chi connectivity index (χ1v) is 9.87. The summed E-state index contributed by atoms with van der Waals surface area (Å²) in [6, 6.07) is 0.00528. The molecule has 3 heterocycles. The Bertz CT molecular complexity index is 673. The zero-order valence-corrected chi connectivity index (χ0v) is 16.1. The molecule has 1 amide bonds. The Morgan fingerprint density at radius 2 is 2.12 bits per heavy atom. The van der Waals surface area contributed by atoms with Crippen LogP contribution in [0.25, 0.3) is 0 Å². The first kappa shape index (κ1) is 18.1. The van der Waals surface area contributed by atoms with Gasteiger partial charge in [0.25, 0.3) is 0 Å². The van der Waals surface area contributed by atoms with Crippen LogP contribution in [0, 0.1) is 0 Å². The summed E-state index contributed by atoms with van der Waals surface area (Å²) in [6.45, 7) is 4.78. The molecule has 0 bridgehead atoms. The maximum atomic E-state index is 12.4. The minimum Gasteiger partial charge on any atom is -0.347 e. The fraction of sp³-hybridized carbons (Fsp3) is 0.611. The number of hydrogen-bond donors (Lipinski definition) is 0. The van der Waals surface area contributed by atoms with E-state index < -0.39 is 0 Å². The third-order valence-corrected chi connectivity index (χ3v) is 5.65. The number of thiazole rings is 1. The van der Waals surface area contributed by atoms with Gasteiger partial charge in [0.2, 0.25) is 5.91 Å². The molecule has 1 aliphatic rings. The Labute approximate surface area is 153 Å². The monoisotopic (exact) mass is 361 g/mol. The Kier molecular flexibility index (Phi) is 5.86. The van der Waals surface area contributed by atoms with Gasteiger partial charge < -0.3 is 9.47 Å². The molecule has 7 heteroatoms. The van der Waals surface area contributed by atoms with Crippen LogP contribution in [-0.2, 0) is 11.3 Å². The van der Waals surface area contributed by atoms with Gasteiger partial charge in [0.1, 0.15) is 5.82 Å². The van der Waals surface area contributed by atoms with Gasteiger partial charge in [0, 0.05) is 37.8 Å². The number of hydrogen-bond acceptors (Lipinski definition) is 5. The molecule has 0 spiro atoms. The number of likely N-dealkylation sites (N-methyl/N-ethyl adjacent to an activating group) is 1. The van der Waals surface area contributed by atoms with Crippen LogP contribution in [-0.4, -0.2) is 63.5 Å². The summed E-state index contributed by atoms with van der Waals surface area (Å²) in [5.74, 6) is 1.82. The van der Waals surface area contributed by atoms with E-state index in [0.29, 0.717) is 5.92 Å². The Morgan fingerprint density at radius 1 is 1.36 bits per heavy atom. The smallest absolute Gasteiger partial charge is 0.239 e. The highest BCUT2D eigenvalue weighted by Crippen LogP contribution is 2.29. The molecule has 1 aliphatic heterocycles. The zero-order chi connectivity index (χ0) is 17.8. The highest BCUT2D eigenvalue weighted by Gasteiger charge is 2.31. The predicted octanol–water partition coefficient (Wildman–Crippen LogP) is 2.43. The number of rotatable bonds is 6. The number of aromatic nitrogens is 3. The number of amides is 1. The van der Waals surface area contributed by atoms with Crippen LogP contribution in [0.15, 0.2) is 23.3 Å². The molecule has 0 aliphatic carbocycles. The topological polar surface area (TPSA) is 54.3 Å². The van der Waals surface area contributed by atoms with Gasteiger partial charge in [-0.15, -0.1) is 11.3 Å². The van der Waals surface area contributed by atoms with E-state index in [1.165, 1.54) is 0 Å². The molecular formula is C18H27N5OS. The van der Waals surface area contributed by atoms with Crippen LogP contribution >= 0.6 is 11.3 Å². The molecule has 6 nitrogen and oxygen atoms in total. The highest BCUT2D eigenvalue weighted by atomic mass is 32.1. The fourth-order valence-electron chi connectivity index (χ4n) is 3.66. The Balaban J connectivity index is 1.63. The second-order valence-electron chi connectivity index (χ2n) is 6.86. The third-order valence-electron chi connectivity index (χ3n) is 5.01. The third kappa shape index (κ3) is 4.10. The summed E-state index contributed by atoms with van der Waals surface area (Å²) in [7, 11) is 3.68. The van der Waals surface area contributed by atoms with Gasteiger partial charge in [-0.05, 0) is 32.4 Å². The van der Waals surface area contributed by atoms with Crippen molar-refractivity contribution in [3.63, 3.8) is 0 Å². The van der Waals surface area contributed by atoms with Gasteiger partial charge in [-0.1, -0.05) is 6.92 Å². The Morgan fingerprint density at radius 3 is 2.72 bits per heavy atom. The molecule has 0 saturated carbocycles. The summed E-state index contributed by atoms with van der Waals surface area (Å²) in [5, 5.41) is 2.09. The lowest BCUT2D eigenvalue weighted by Gasteiger charge is -2.37. The van der Waals surface area contributed by atoms with Gasteiger partial charge in [-0.3, -0.25) is 9.69 Å². The van der Waals surface area contributed by atoms with Crippen molar-refractivity contribution in [2.45, 2.75) is 44.7 Å². The van der Waals surface area contributed by atoms with Crippen LogP contribution in [0.3, 0.4) is 0 Å². The van der Waals surface area contributed by atoms with Gasteiger partial charge in [0.05, 0.1) is 23.8 Å². The van der Waals surface area contributed by atoms with Crippen molar-refractivity contribution >= 4 is 17.2 Å². The molecule has 2 aromatic rings. The summed E-state index contributed by atoms with van der Waals surface area (Å²) >= 11 is 1.63. The second kappa shape index (κ2) is 8.10. The summed E-state index contributed by atoms with van der Waals surface area (Å²) < 4.78 is 2.22. The van der Waals surface area contributed by atoms with E-state index in [-0.39, 0.29) is 11.9 Å². The minimum atomic E-state index is 0.00528. The van der Waals surface area contributed by atoms with E-state index in [1.54, 1.807) is 16.2 Å². The molecule has 0 unspecified atom stereocenters. The molecule has 136 valence electrons. The van der Waals surface area contributed by atoms with Crippen LogP contribution in [0.1, 0.15) is 43.6 Å². The van der Waals surface area contributed by atoms with Crippen molar-refractivity contribution < 1.29 is 4.79 Å². The Hall–Kier alpha value is -1.73. The number of piperidine rings is 1. The van der Waals surface area contributed by atoms with E-state index in [1.807, 2.05) is 32.0 Å². The van der Waals surface area contributed by atoms with Gasteiger partial charge in [-0.25, -0.2) is 9.97 Å². The summed E-state index contributed by atoms with van der Waals surface area (Å²) in [6.07, 6.45) is 6.89. The van der Waals surface area contributed by atoms with E-state index in [9.17, 15) is 4.79 Å². The molecule has 0 radical (unpaired) electrons. The van der Waals surface area contributed by atoms with Crippen molar-refractivity contribution in [3.8, 4) is 0 Å². The van der Waals surface area contributed by atoms with Gasteiger partial charge in [-0.2, -0.15) is 0 Å². The first-order valence-electron chi connectivity index (χ1n) is 8.93. The number of carbonyl (C=O) groups excluding carboxylic acids is 1. The van der Waals surface area contributed by atoms with Crippen molar-refractivity contribution in [2.75, 3.05) is 27.2 Å². The largest absolute Gasteiger partial charge is 0.347 e. The van der Waals surface area contributed by atoms with Gasteiger partial charge >= 0.3 is 0 Å². The lowest BCUT2D eigenvalue weighted by molar-refractivity contribution is -0.135. The fourth-order valence-corrected chi connectivity index (χ4v) is 4.21. The van der Waals surface area contributed by atoms with Crippen LogP contribution in [0.2, 0.25) is 0 Å². The molecule has 1 atom stereocenters. The maximum Gasteiger partial charge on any atom is 0.239 e. The zero-order valence-electron chi connectivity index (χ0n) is 15.3. The highest BCUT2D eigenvalue weighted by molar-refractivity contribution is 7.07. The molecule has 0 N–H and O–H groups in total. The number of imidazole rings is 1. The summed E-state index contributed by atoms with van der Waals surface area (Å²) in [5.41, 5.74) is 2.96. The van der Waals surface area contributed by atoms with Crippen molar-refractivity contribution in [1.82, 2.24) is 24.3 Å². The van der Waals surface area contributed by atoms with Crippen LogP contribution in [0.5, 0.6) is 0 Å². The van der Waals surface area contributed by atoms with Gasteiger partial charge in [0.15, 0.2) is 0 Å². The SMILES string of the molecule is CC[C@H](C(=O)N(C)C)N1CCC(c2nccn2Cc2cscn2)CC1. The normalized spacial score (nSPS) is 17.6. The number of carbonyl (C=O) groups is 1. The van der Waals surface area contributed by atoms with E-state index in [0.717, 1.165) is 50.4 Å². The molecular weight excluding hydrogens is 334 g/mol. The predicted molar refractivity (Wildman–Crippen MR) is 99.8 cm³/mol. The minimum absolute atomic E-state index is 0.00528. The van der Waals surface area contributed by atoms with Crippen molar-refractivity contribution in [2.24, 2.45) is 0 Å². The standard InChI is InChI=1S/C18H27N5OS/c1-4-16(18(24)21(2)3)22-8-5-14(6-9-22)17-19-7-10-23(17)11-15-12-25-13-20-15/h7,10,12-14,16H,4-6,8-9,11H2,1-3H3/t16-/m1/s1. The van der Waals surface area contributed by atoms with Crippen LogP contribution in [0.4, 0.5) is 0 Å². The lowest BCUT2D eigenvalue weighted by atomic mass is 9.94. The molecule has 2 aromatic heterocycles. The van der Waals surface area contributed by atoms with E-state index in [2.05, 4.69) is 31.7 Å². The molecule has 1 saturated heterocycles. The molecule has 25 heavy (non-hydrogen) atoms. The first-order chi connectivity index (χ1) is 12.1. The van der Waals surface area contributed by atoms with E-state index in [4.69, 9.17) is 0 Å². The van der Waals surface area contributed by atoms with Crippen molar-refractivity contribution in [3.05, 3.63) is 34.8 Å². The molecule has 3 rings (SSSR count). The average molecular weight is 362 g/mol.